The predicted molar refractivity (Wildman–Crippen MR) is 71.2 cm³/mol. The lowest BCUT2D eigenvalue weighted by Crippen LogP contribution is -2.22. The van der Waals surface area contributed by atoms with E-state index >= 15 is 0 Å². The quantitative estimate of drug-likeness (QED) is 0.718. The Morgan fingerprint density at radius 3 is 2.76 bits per heavy atom. The number of nitrogens with zero attached hydrogens (tertiary/aromatic N) is 1. The van der Waals surface area contributed by atoms with Crippen molar-refractivity contribution in [1.82, 2.24) is 4.90 Å². The second kappa shape index (κ2) is 3.11. The minimum atomic E-state index is 0.482. The molecule has 2 aliphatic rings. The lowest BCUT2D eigenvalue weighted by molar-refractivity contribution is 0.364. The zero-order chi connectivity index (χ0) is 11.5. The molecule has 2 aromatic rings. The summed E-state index contributed by atoms with van der Waals surface area (Å²) in [5.74, 6) is 0.901. The first-order valence-corrected chi connectivity index (χ1v) is 6.46. The largest absolute Gasteiger partial charge is 0.305 e. The summed E-state index contributed by atoms with van der Waals surface area (Å²) in [4.78, 5) is 2.48. The molecule has 1 nitrogen and oxygen atoms in total. The molecule has 0 spiro atoms. The number of benzene rings is 2. The third-order valence-electron chi connectivity index (χ3n) is 4.64. The topological polar surface area (TPSA) is 3.24 Å². The predicted octanol–water partition coefficient (Wildman–Crippen LogP) is 3.04. The Hall–Kier alpha value is -1.34. The van der Waals surface area contributed by atoms with E-state index in [2.05, 4.69) is 54.4 Å². The number of fused-ring (bicyclic) bond motifs is 2. The van der Waals surface area contributed by atoms with Crippen molar-refractivity contribution >= 4 is 10.8 Å². The number of likely N-dealkylation sites (N-methyl/N-ethyl adjacent to an activating group) is 1. The van der Waals surface area contributed by atoms with Gasteiger partial charge in [-0.25, -0.2) is 0 Å². The molecule has 1 aliphatic carbocycles. The molecule has 0 N–H and O–H groups in total. The van der Waals surface area contributed by atoms with E-state index in [4.69, 9.17) is 0 Å². The number of likely N-dealkylation sites (tertiary alicyclic amines) is 1. The average molecular weight is 223 g/mol. The van der Waals surface area contributed by atoms with Gasteiger partial charge in [-0.05, 0) is 35.7 Å². The maximum absolute atomic E-state index is 2.48. The second-order valence-corrected chi connectivity index (χ2v) is 5.78. The van der Waals surface area contributed by atoms with Crippen LogP contribution >= 0.6 is 0 Å². The van der Waals surface area contributed by atoms with Crippen LogP contribution in [0, 0.1) is 5.92 Å². The van der Waals surface area contributed by atoms with Crippen LogP contribution < -0.4 is 0 Å². The van der Waals surface area contributed by atoms with Crippen molar-refractivity contribution in [3.8, 4) is 0 Å². The fourth-order valence-electron chi connectivity index (χ4n) is 3.81. The molecule has 0 bridgehead atoms. The van der Waals surface area contributed by atoms with E-state index in [0.717, 1.165) is 5.92 Å². The maximum Gasteiger partial charge on any atom is 0.0130 e. The van der Waals surface area contributed by atoms with Gasteiger partial charge in [0.2, 0.25) is 0 Å². The molecule has 1 heterocycles. The third-order valence-corrected chi connectivity index (χ3v) is 4.64. The molecular weight excluding hydrogens is 206 g/mol. The molecule has 1 saturated carbocycles. The van der Waals surface area contributed by atoms with E-state index < -0.39 is 0 Å². The smallest absolute Gasteiger partial charge is 0.0130 e. The first-order valence-electron chi connectivity index (χ1n) is 6.46. The van der Waals surface area contributed by atoms with Crippen LogP contribution in [-0.2, 0) is 5.41 Å². The van der Waals surface area contributed by atoms with E-state index in [0.29, 0.717) is 5.41 Å². The van der Waals surface area contributed by atoms with Crippen molar-refractivity contribution in [2.75, 3.05) is 20.1 Å². The Morgan fingerprint density at radius 2 is 1.94 bits per heavy atom. The zero-order valence-electron chi connectivity index (χ0n) is 10.2. The van der Waals surface area contributed by atoms with Crippen LogP contribution in [0.15, 0.2) is 42.5 Å². The van der Waals surface area contributed by atoms with Gasteiger partial charge in [0.05, 0.1) is 0 Å². The molecule has 1 heteroatoms. The average Bonchev–Trinajstić information content (AvgIpc) is 2.92. The molecule has 0 radical (unpaired) electrons. The first-order chi connectivity index (χ1) is 8.29. The highest BCUT2D eigenvalue weighted by molar-refractivity contribution is 5.87. The standard InChI is InChI=1S/C16H17N/c1-17-10-13-9-16(13,11-17)15-8-4-6-12-5-2-3-7-14(12)15/h2-8,13H,9-11H2,1H3/t13?,16-/m0/s1. The molecule has 86 valence electrons. The Labute approximate surface area is 102 Å². The summed E-state index contributed by atoms with van der Waals surface area (Å²) in [5, 5.41) is 2.85. The van der Waals surface area contributed by atoms with Gasteiger partial charge in [0, 0.05) is 18.5 Å². The highest BCUT2D eigenvalue weighted by Crippen LogP contribution is 2.59. The number of hydrogen-bond acceptors (Lipinski definition) is 1. The molecule has 17 heavy (non-hydrogen) atoms. The zero-order valence-corrected chi connectivity index (χ0v) is 10.2. The van der Waals surface area contributed by atoms with Crippen LogP contribution in [0.3, 0.4) is 0 Å². The van der Waals surface area contributed by atoms with Gasteiger partial charge in [0.1, 0.15) is 0 Å². The van der Waals surface area contributed by atoms with Crippen LogP contribution in [0.5, 0.6) is 0 Å². The molecular formula is C16H17N. The van der Waals surface area contributed by atoms with Gasteiger partial charge in [-0.15, -0.1) is 0 Å². The van der Waals surface area contributed by atoms with Crippen molar-refractivity contribution in [2.45, 2.75) is 11.8 Å². The normalized spacial score (nSPS) is 31.7. The summed E-state index contributed by atoms with van der Waals surface area (Å²) in [6, 6.07) is 15.6. The molecule has 2 fully saturated rings. The van der Waals surface area contributed by atoms with Gasteiger partial charge >= 0.3 is 0 Å². The fraction of sp³-hybridized carbons (Fsp3) is 0.375. The van der Waals surface area contributed by atoms with Crippen molar-refractivity contribution in [3.05, 3.63) is 48.0 Å². The molecule has 1 saturated heterocycles. The number of rotatable bonds is 1. The van der Waals surface area contributed by atoms with Crippen molar-refractivity contribution in [2.24, 2.45) is 5.92 Å². The van der Waals surface area contributed by atoms with Gasteiger partial charge in [0.25, 0.3) is 0 Å². The van der Waals surface area contributed by atoms with Gasteiger partial charge in [-0.1, -0.05) is 42.5 Å². The SMILES string of the molecule is CN1CC2C[C@]2(c2cccc3ccccc23)C1. The molecule has 0 aromatic heterocycles. The third kappa shape index (κ3) is 1.23. The van der Waals surface area contributed by atoms with Gasteiger partial charge in [-0.2, -0.15) is 0 Å². The highest BCUT2D eigenvalue weighted by Gasteiger charge is 2.60. The van der Waals surface area contributed by atoms with Gasteiger partial charge in [-0.3, -0.25) is 0 Å². The summed E-state index contributed by atoms with van der Waals surface area (Å²) >= 11 is 0. The lowest BCUT2D eigenvalue weighted by Gasteiger charge is -2.18. The van der Waals surface area contributed by atoms with Crippen LogP contribution in [0.4, 0.5) is 0 Å². The summed E-state index contributed by atoms with van der Waals surface area (Å²) in [7, 11) is 2.25. The molecule has 1 unspecified atom stereocenters. The first kappa shape index (κ1) is 9.67. The van der Waals surface area contributed by atoms with Crippen molar-refractivity contribution in [1.29, 1.82) is 0 Å². The Kier molecular flexibility index (Phi) is 1.77. The highest BCUT2D eigenvalue weighted by atomic mass is 15.2. The van der Waals surface area contributed by atoms with Crippen LogP contribution in [0.1, 0.15) is 12.0 Å². The molecule has 4 rings (SSSR count). The van der Waals surface area contributed by atoms with Crippen molar-refractivity contribution in [3.63, 3.8) is 0 Å². The van der Waals surface area contributed by atoms with Crippen LogP contribution in [0.25, 0.3) is 10.8 Å². The van der Waals surface area contributed by atoms with Crippen LogP contribution in [-0.4, -0.2) is 25.0 Å². The van der Waals surface area contributed by atoms with E-state index in [1.54, 1.807) is 5.56 Å². The van der Waals surface area contributed by atoms with E-state index in [1.165, 1.54) is 30.3 Å². The summed E-state index contributed by atoms with van der Waals surface area (Å²) < 4.78 is 0. The Morgan fingerprint density at radius 1 is 1.12 bits per heavy atom. The van der Waals surface area contributed by atoms with Crippen LogP contribution in [0.2, 0.25) is 0 Å². The van der Waals surface area contributed by atoms with Crippen molar-refractivity contribution < 1.29 is 0 Å². The fourth-order valence-corrected chi connectivity index (χ4v) is 3.81. The minimum Gasteiger partial charge on any atom is -0.305 e. The molecule has 0 amide bonds. The second-order valence-electron chi connectivity index (χ2n) is 5.78. The summed E-state index contributed by atoms with van der Waals surface area (Å²) in [6.45, 7) is 2.52. The van der Waals surface area contributed by atoms with E-state index in [-0.39, 0.29) is 0 Å². The molecule has 1 aliphatic heterocycles. The summed E-state index contributed by atoms with van der Waals surface area (Å²) in [5.41, 5.74) is 2.07. The lowest BCUT2D eigenvalue weighted by atomic mass is 9.90. The van der Waals surface area contributed by atoms with E-state index in [1.807, 2.05) is 0 Å². The molecule has 2 aromatic carbocycles. The summed E-state index contributed by atoms with van der Waals surface area (Å²) in [6.07, 6.45) is 1.39. The maximum atomic E-state index is 2.48. The van der Waals surface area contributed by atoms with Gasteiger partial charge < -0.3 is 4.90 Å². The number of hydrogen-bond donors (Lipinski definition) is 0. The van der Waals surface area contributed by atoms with Gasteiger partial charge in [0.15, 0.2) is 0 Å². The monoisotopic (exact) mass is 223 g/mol. The van der Waals surface area contributed by atoms with E-state index in [9.17, 15) is 0 Å². The Balaban J connectivity index is 1.92. The Bertz CT molecular complexity index is 584. The minimum absolute atomic E-state index is 0.482. The molecule has 2 atom stereocenters. The number of piperidine rings is 1.